The average molecular weight is 629 g/mol. The van der Waals surface area contributed by atoms with E-state index in [0.717, 1.165) is 37.3 Å². The topological polar surface area (TPSA) is 141 Å². The molecule has 0 bridgehead atoms. The summed E-state index contributed by atoms with van der Waals surface area (Å²) in [6.07, 6.45) is 6.83. The molecule has 4 fully saturated rings. The number of aromatic amines is 1. The van der Waals surface area contributed by atoms with Crippen molar-refractivity contribution in [2.45, 2.75) is 64.5 Å². The number of ether oxygens (including phenoxy) is 1. The van der Waals surface area contributed by atoms with Crippen LogP contribution in [0.15, 0.2) is 24.3 Å². The van der Waals surface area contributed by atoms with Gasteiger partial charge in [-0.25, -0.2) is 9.97 Å². The van der Waals surface area contributed by atoms with Gasteiger partial charge in [0.1, 0.15) is 11.4 Å². The molecule has 2 aromatic heterocycles. The Morgan fingerprint density at radius 3 is 2.39 bits per heavy atom. The average Bonchev–Trinajstić information content (AvgIpc) is 3.47. The molecule has 0 saturated carbocycles. The Labute approximate surface area is 271 Å². The van der Waals surface area contributed by atoms with Crippen LogP contribution in [0.1, 0.15) is 60.3 Å². The largest absolute Gasteiger partial charge is 0.381 e. The third kappa shape index (κ3) is 6.43. The molecule has 0 unspecified atom stereocenters. The monoisotopic (exact) mass is 628 g/mol. The molecule has 0 atom stereocenters. The molecule has 12 heteroatoms. The molecule has 0 radical (unpaired) electrons. The van der Waals surface area contributed by atoms with E-state index in [2.05, 4.69) is 67.7 Å². The highest BCUT2D eigenvalue weighted by molar-refractivity contribution is 5.97. The molecular weight excluding hydrogens is 580 g/mol. The smallest absolute Gasteiger partial charge is 0.271 e. The third-order valence-electron chi connectivity index (χ3n) is 10.5. The van der Waals surface area contributed by atoms with Gasteiger partial charge in [-0.15, -0.1) is 0 Å². The molecule has 5 N–H and O–H groups in total. The number of anilines is 4. The predicted octanol–water partition coefficient (Wildman–Crippen LogP) is 3.91. The van der Waals surface area contributed by atoms with E-state index in [9.17, 15) is 4.79 Å². The molecule has 7 rings (SSSR count). The maximum Gasteiger partial charge on any atom is 0.271 e. The predicted molar refractivity (Wildman–Crippen MR) is 181 cm³/mol. The van der Waals surface area contributed by atoms with Crippen molar-refractivity contribution in [1.29, 1.82) is 0 Å². The number of aromatic nitrogens is 4. The second-order valence-corrected chi connectivity index (χ2v) is 14.0. The number of carbonyl (C=O) groups excluding carboxylic acids is 1. The zero-order chi connectivity index (χ0) is 31.8. The number of primary amides is 1. The third-order valence-corrected chi connectivity index (χ3v) is 10.5. The number of hydrogen-bond acceptors (Lipinski definition) is 10. The summed E-state index contributed by atoms with van der Waals surface area (Å²) < 4.78 is 5.55. The van der Waals surface area contributed by atoms with E-state index in [-0.39, 0.29) is 11.7 Å². The molecule has 46 heavy (non-hydrogen) atoms. The van der Waals surface area contributed by atoms with Crippen molar-refractivity contribution in [1.82, 2.24) is 30.0 Å². The van der Waals surface area contributed by atoms with E-state index in [1.807, 2.05) is 13.0 Å². The van der Waals surface area contributed by atoms with Gasteiger partial charge in [0.2, 0.25) is 0 Å². The highest BCUT2D eigenvalue weighted by atomic mass is 16.5. The lowest BCUT2D eigenvalue weighted by Crippen LogP contribution is -2.63. The number of rotatable bonds is 8. The first-order valence-electron chi connectivity index (χ1n) is 16.9. The van der Waals surface area contributed by atoms with Crippen molar-refractivity contribution in [2.24, 2.45) is 11.1 Å². The number of likely N-dealkylation sites (tertiary alicyclic amines) is 2. The number of H-pyrrole nitrogens is 1. The highest BCUT2D eigenvalue weighted by Gasteiger charge is 2.46. The first-order chi connectivity index (χ1) is 22.2. The van der Waals surface area contributed by atoms with E-state index in [1.54, 1.807) is 0 Å². The fourth-order valence-electron chi connectivity index (χ4n) is 7.73. The number of piperidine rings is 2. The Hall–Kier alpha value is -3.74. The van der Waals surface area contributed by atoms with Gasteiger partial charge in [-0.1, -0.05) is 0 Å². The first-order valence-corrected chi connectivity index (χ1v) is 16.9. The molecule has 0 aliphatic carbocycles. The fraction of sp³-hybridized carbons (Fsp3) is 0.588. The van der Waals surface area contributed by atoms with Crippen molar-refractivity contribution in [3.63, 3.8) is 0 Å². The van der Waals surface area contributed by atoms with E-state index >= 15 is 0 Å². The minimum atomic E-state index is -0.652. The van der Waals surface area contributed by atoms with Gasteiger partial charge in [0.15, 0.2) is 17.3 Å². The van der Waals surface area contributed by atoms with Crippen LogP contribution in [0.4, 0.5) is 23.0 Å². The summed E-state index contributed by atoms with van der Waals surface area (Å²) >= 11 is 0. The Bertz CT molecular complexity index is 1540. The zero-order valence-electron chi connectivity index (χ0n) is 27.4. The molecular formula is C34H48N10O2. The number of nitrogens with two attached hydrogens (primary N) is 1. The molecule has 4 aliphatic heterocycles. The number of benzene rings is 1. The lowest BCUT2D eigenvalue weighted by molar-refractivity contribution is -0.0704. The van der Waals surface area contributed by atoms with Gasteiger partial charge in [0.05, 0.1) is 0 Å². The summed E-state index contributed by atoms with van der Waals surface area (Å²) in [5, 5.41) is 14.3. The molecule has 6 heterocycles. The minimum Gasteiger partial charge on any atom is -0.381 e. The van der Waals surface area contributed by atoms with Crippen molar-refractivity contribution in [2.75, 3.05) is 75.1 Å². The van der Waals surface area contributed by atoms with Gasteiger partial charge in [-0.05, 0) is 108 Å². The van der Waals surface area contributed by atoms with Gasteiger partial charge in [0.25, 0.3) is 5.91 Å². The first kappa shape index (κ1) is 30.9. The number of hydrogen-bond donors (Lipinski definition) is 4. The fourth-order valence-corrected chi connectivity index (χ4v) is 7.73. The van der Waals surface area contributed by atoms with Crippen molar-refractivity contribution in [3.05, 3.63) is 41.2 Å². The van der Waals surface area contributed by atoms with Crippen LogP contribution < -0.4 is 21.3 Å². The summed E-state index contributed by atoms with van der Waals surface area (Å²) in [5.41, 5.74) is 11.7. The van der Waals surface area contributed by atoms with E-state index < -0.39 is 5.91 Å². The quantitative estimate of drug-likeness (QED) is 0.290. The van der Waals surface area contributed by atoms with Crippen LogP contribution in [-0.4, -0.2) is 107 Å². The van der Waals surface area contributed by atoms with Gasteiger partial charge in [0, 0.05) is 68.5 Å². The molecule has 4 aliphatic rings. The van der Waals surface area contributed by atoms with E-state index in [4.69, 9.17) is 20.4 Å². The lowest BCUT2D eigenvalue weighted by atomic mass is 9.71. The van der Waals surface area contributed by atoms with Gasteiger partial charge in [-0.2, -0.15) is 5.10 Å². The number of nitrogens with zero attached hydrogens (tertiary/aromatic N) is 6. The lowest BCUT2D eigenvalue weighted by Gasteiger charge is -2.57. The van der Waals surface area contributed by atoms with Crippen LogP contribution in [0.5, 0.6) is 0 Å². The van der Waals surface area contributed by atoms with Crippen LogP contribution in [0.2, 0.25) is 0 Å². The van der Waals surface area contributed by atoms with Crippen LogP contribution in [0.25, 0.3) is 11.4 Å². The Morgan fingerprint density at radius 1 is 1.00 bits per heavy atom. The Balaban J connectivity index is 1.05. The Kier molecular flexibility index (Phi) is 8.60. The van der Waals surface area contributed by atoms with Gasteiger partial charge >= 0.3 is 0 Å². The van der Waals surface area contributed by atoms with E-state index in [0.29, 0.717) is 47.7 Å². The normalized spacial score (nSPS) is 21.3. The molecule has 1 spiro atoms. The maximum atomic E-state index is 12.6. The molecule has 1 amide bonds. The highest BCUT2D eigenvalue weighted by Crippen LogP contribution is 2.43. The zero-order valence-corrected chi connectivity index (χ0v) is 27.4. The molecule has 1 aromatic carbocycles. The van der Waals surface area contributed by atoms with E-state index in [1.165, 1.54) is 63.1 Å². The minimum absolute atomic E-state index is 0.0741. The van der Waals surface area contributed by atoms with Crippen LogP contribution in [-0.2, 0) is 4.74 Å². The maximum absolute atomic E-state index is 12.6. The van der Waals surface area contributed by atoms with Crippen LogP contribution >= 0.6 is 0 Å². The van der Waals surface area contributed by atoms with Crippen LogP contribution in [0, 0.1) is 19.3 Å². The van der Waals surface area contributed by atoms with Gasteiger partial charge in [-0.3, -0.25) is 14.8 Å². The second-order valence-electron chi connectivity index (χ2n) is 14.0. The second kappa shape index (κ2) is 12.8. The standard InChI is InChI=1S/C34H48N10O2/c1-22-18-25(4-5-28(22)43-12-6-26(7-13-43)44-20-34(21-44)10-14-42(3)15-11-34)37-33-30(31(35)45)38-29(27-19-23(2)40-41-27)32(39-33)36-24-8-16-46-17-9-24/h4-5,18-19,24,26H,6-17,20-21H2,1-3H3,(H2,35,45)(H,40,41)(H2,36,37,39). The Morgan fingerprint density at radius 2 is 1.74 bits per heavy atom. The number of carbonyl (C=O) groups is 1. The summed E-state index contributed by atoms with van der Waals surface area (Å²) in [6.45, 7) is 12.6. The van der Waals surface area contributed by atoms with Crippen LogP contribution in [0.3, 0.4) is 0 Å². The molecule has 3 aromatic rings. The summed E-state index contributed by atoms with van der Waals surface area (Å²) in [4.78, 5) is 30.0. The van der Waals surface area contributed by atoms with Gasteiger partial charge < -0.3 is 30.9 Å². The SMILES string of the molecule is Cc1cc(-c2nc(C(N)=O)c(Nc3ccc(N4CCC(N5CC6(CCN(C)CC6)C5)CC4)c(C)c3)nc2NC2CCOCC2)n[nH]1. The number of amides is 1. The van der Waals surface area contributed by atoms with Crippen molar-refractivity contribution >= 4 is 28.9 Å². The summed E-state index contributed by atoms with van der Waals surface area (Å²) in [7, 11) is 2.25. The summed E-state index contributed by atoms with van der Waals surface area (Å²) in [5.74, 6) is 0.232. The van der Waals surface area contributed by atoms with Crippen molar-refractivity contribution in [3.8, 4) is 11.4 Å². The number of aryl methyl sites for hydroxylation is 2. The molecule has 4 saturated heterocycles. The molecule has 12 nitrogen and oxygen atoms in total. The number of nitrogens with one attached hydrogen (secondary N) is 3. The molecule has 246 valence electrons. The van der Waals surface area contributed by atoms with Crippen molar-refractivity contribution < 1.29 is 9.53 Å². The summed E-state index contributed by atoms with van der Waals surface area (Å²) in [6, 6.07) is 9.11.